The highest BCUT2D eigenvalue weighted by Crippen LogP contribution is 2.39. The lowest BCUT2D eigenvalue weighted by Gasteiger charge is -2.25. The summed E-state index contributed by atoms with van der Waals surface area (Å²) in [6, 6.07) is 3.87. The fourth-order valence-electron chi connectivity index (χ4n) is 4.61. The van der Waals surface area contributed by atoms with Gasteiger partial charge in [-0.1, -0.05) is 6.07 Å². The maximum absolute atomic E-state index is 13.2. The van der Waals surface area contributed by atoms with Crippen molar-refractivity contribution in [3.63, 3.8) is 0 Å². The van der Waals surface area contributed by atoms with Gasteiger partial charge in [-0.25, -0.2) is 13.4 Å². The molecule has 7 nitrogen and oxygen atoms in total. The molecular weight excluding hydrogens is 457 g/mol. The van der Waals surface area contributed by atoms with Crippen molar-refractivity contribution < 1.29 is 26.3 Å². The van der Waals surface area contributed by atoms with Crippen LogP contribution in [0.2, 0.25) is 0 Å². The van der Waals surface area contributed by atoms with Crippen LogP contribution in [-0.4, -0.2) is 65.9 Å². The van der Waals surface area contributed by atoms with Gasteiger partial charge in [0, 0.05) is 38.0 Å². The van der Waals surface area contributed by atoms with Crippen molar-refractivity contribution in [1.29, 1.82) is 0 Å². The Morgan fingerprint density at radius 3 is 2.58 bits per heavy atom. The van der Waals surface area contributed by atoms with Gasteiger partial charge in [0.15, 0.2) is 0 Å². The van der Waals surface area contributed by atoms with E-state index in [9.17, 15) is 21.6 Å². The van der Waals surface area contributed by atoms with E-state index in [0.717, 1.165) is 30.7 Å². The number of sulfonamides is 1. The molecule has 3 fully saturated rings. The molecule has 1 aromatic heterocycles. The van der Waals surface area contributed by atoms with E-state index >= 15 is 0 Å². The molecule has 5 rings (SSSR count). The number of fused-ring (bicyclic) bond motifs is 1. The number of hydrogen-bond donors (Lipinski definition) is 0. The average molecular weight is 483 g/mol. The van der Waals surface area contributed by atoms with Crippen molar-refractivity contribution in [2.75, 3.05) is 26.2 Å². The molecule has 2 saturated heterocycles. The number of halogens is 3. The van der Waals surface area contributed by atoms with Crippen LogP contribution in [0.3, 0.4) is 0 Å². The lowest BCUT2D eigenvalue weighted by atomic mass is 10.2. The second-order valence-electron chi connectivity index (χ2n) is 8.92. The molecule has 0 amide bonds. The Kier molecular flexibility index (Phi) is 5.82. The standard InChI is InChI=1S/C22H25F3N4O3S/c23-22(24,25)16-3-1-4-19(9-16)33(30,31)29-8-2-7-28-14-18(10-17(28)13-29)32-21-12-26-20(11-27-21)15-5-6-15/h1,3-4,9,11-12,15,17-18H,2,5-8,10,13-14H2/t17-,18+/m1/s1. The summed E-state index contributed by atoms with van der Waals surface area (Å²) >= 11 is 0. The molecule has 33 heavy (non-hydrogen) atoms. The van der Waals surface area contributed by atoms with Gasteiger partial charge in [-0.15, -0.1) is 0 Å². The fraction of sp³-hybridized carbons (Fsp3) is 0.545. The van der Waals surface area contributed by atoms with Gasteiger partial charge in [-0.2, -0.15) is 17.5 Å². The number of rotatable bonds is 5. The van der Waals surface area contributed by atoms with Crippen LogP contribution in [-0.2, 0) is 16.2 Å². The topological polar surface area (TPSA) is 75.6 Å². The van der Waals surface area contributed by atoms with E-state index in [2.05, 4.69) is 14.9 Å². The first-order valence-corrected chi connectivity index (χ1v) is 12.5. The highest BCUT2D eigenvalue weighted by Gasteiger charge is 2.40. The molecule has 3 aliphatic rings. The van der Waals surface area contributed by atoms with Crippen molar-refractivity contribution in [2.45, 2.75) is 54.8 Å². The third kappa shape index (κ3) is 4.85. The van der Waals surface area contributed by atoms with E-state index < -0.39 is 21.8 Å². The SMILES string of the molecule is O=S(=O)(c1cccc(C(F)(F)F)c1)N1CCCN2C[C@@H](Oc3cnc(C4CC4)cn3)C[C@@H]2C1. The van der Waals surface area contributed by atoms with Crippen LogP contribution in [0.1, 0.15) is 42.9 Å². The third-order valence-electron chi connectivity index (χ3n) is 6.49. The van der Waals surface area contributed by atoms with Crippen LogP contribution in [0.5, 0.6) is 5.88 Å². The van der Waals surface area contributed by atoms with Gasteiger partial charge in [0.2, 0.25) is 15.9 Å². The van der Waals surface area contributed by atoms with Gasteiger partial charge in [0.25, 0.3) is 0 Å². The van der Waals surface area contributed by atoms with Gasteiger partial charge in [-0.05, 0) is 44.0 Å². The first-order chi connectivity index (χ1) is 15.7. The van der Waals surface area contributed by atoms with Crippen LogP contribution >= 0.6 is 0 Å². The molecule has 178 valence electrons. The van der Waals surface area contributed by atoms with E-state index in [1.54, 1.807) is 12.4 Å². The minimum atomic E-state index is -4.60. The zero-order valence-electron chi connectivity index (χ0n) is 17.9. The summed E-state index contributed by atoms with van der Waals surface area (Å²) < 4.78 is 72.9. The molecule has 11 heteroatoms. The second-order valence-corrected chi connectivity index (χ2v) is 10.9. The van der Waals surface area contributed by atoms with Crippen molar-refractivity contribution in [2.24, 2.45) is 0 Å². The summed E-state index contributed by atoms with van der Waals surface area (Å²) in [5.74, 6) is 0.969. The molecule has 2 aliphatic heterocycles. The Hall–Kier alpha value is -2.24. The Balaban J connectivity index is 1.27. The largest absolute Gasteiger partial charge is 0.472 e. The monoisotopic (exact) mass is 482 g/mol. The molecule has 1 saturated carbocycles. The van der Waals surface area contributed by atoms with Crippen LogP contribution < -0.4 is 4.74 Å². The molecule has 0 bridgehead atoms. The molecule has 0 spiro atoms. The van der Waals surface area contributed by atoms with E-state index in [1.165, 1.54) is 10.4 Å². The quantitative estimate of drug-likeness (QED) is 0.651. The molecule has 0 unspecified atom stereocenters. The van der Waals surface area contributed by atoms with Gasteiger partial charge in [0.1, 0.15) is 6.10 Å². The summed E-state index contributed by atoms with van der Waals surface area (Å²) in [4.78, 5) is 10.6. The van der Waals surface area contributed by atoms with Crippen molar-refractivity contribution >= 4 is 10.0 Å². The van der Waals surface area contributed by atoms with Crippen molar-refractivity contribution in [3.05, 3.63) is 47.9 Å². The fourth-order valence-corrected chi connectivity index (χ4v) is 6.17. The number of benzene rings is 1. The zero-order valence-corrected chi connectivity index (χ0v) is 18.7. The van der Waals surface area contributed by atoms with Crippen LogP contribution in [0, 0.1) is 0 Å². The average Bonchev–Trinajstić information content (AvgIpc) is 3.59. The molecular formula is C22H25F3N4O3S. The number of ether oxygens (including phenoxy) is 1. The third-order valence-corrected chi connectivity index (χ3v) is 8.35. The summed E-state index contributed by atoms with van der Waals surface area (Å²) in [5, 5.41) is 0. The molecule has 2 aromatic rings. The Morgan fingerprint density at radius 2 is 1.88 bits per heavy atom. The number of alkyl halides is 3. The first kappa shape index (κ1) is 22.5. The Labute approximate surface area is 190 Å². The van der Waals surface area contributed by atoms with E-state index in [1.807, 2.05) is 0 Å². The summed E-state index contributed by atoms with van der Waals surface area (Å²) in [5.41, 5.74) is 0.0151. The van der Waals surface area contributed by atoms with Crippen molar-refractivity contribution in [1.82, 2.24) is 19.2 Å². The predicted octanol–water partition coefficient (Wildman–Crippen LogP) is 3.29. The summed E-state index contributed by atoms with van der Waals surface area (Å²) in [6.45, 7) is 1.83. The van der Waals surface area contributed by atoms with Crippen molar-refractivity contribution in [3.8, 4) is 5.88 Å². The minimum absolute atomic E-state index is 0.0724. The van der Waals surface area contributed by atoms with Crippen LogP contribution in [0.4, 0.5) is 13.2 Å². The molecule has 1 aromatic carbocycles. The maximum atomic E-state index is 13.2. The number of nitrogens with zero attached hydrogens (tertiary/aromatic N) is 4. The van der Waals surface area contributed by atoms with E-state index in [4.69, 9.17) is 4.74 Å². The minimum Gasteiger partial charge on any atom is -0.472 e. The summed E-state index contributed by atoms with van der Waals surface area (Å²) in [6.07, 6.45) is 2.15. The molecule has 2 atom stereocenters. The number of aromatic nitrogens is 2. The molecule has 0 radical (unpaired) electrons. The van der Waals surface area contributed by atoms with E-state index in [-0.39, 0.29) is 30.1 Å². The highest BCUT2D eigenvalue weighted by atomic mass is 32.2. The number of hydrogen-bond acceptors (Lipinski definition) is 6. The van der Waals surface area contributed by atoms with Gasteiger partial charge in [0.05, 0.1) is 28.5 Å². The van der Waals surface area contributed by atoms with Gasteiger partial charge >= 0.3 is 6.18 Å². The lowest BCUT2D eigenvalue weighted by Crippen LogP contribution is -2.39. The van der Waals surface area contributed by atoms with Gasteiger partial charge < -0.3 is 4.74 Å². The summed E-state index contributed by atoms with van der Waals surface area (Å²) in [7, 11) is -4.05. The first-order valence-electron chi connectivity index (χ1n) is 11.1. The van der Waals surface area contributed by atoms with Crippen LogP contribution in [0.15, 0.2) is 41.6 Å². The Morgan fingerprint density at radius 1 is 1.06 bits per heavy atom. The predicted molar refractivity (Wildman–Crippen MR) is 113 cm³/mol. The maximum Gasteiger partial charge on any atom is 0.416 e. The Bertz CT molecular complexity index is 1110. The normalized spacial score (nSPS) is 24.9. The van der Waals surface area contributed by atoms with Crippen LogP contribution in [0.25, 0.3) is 0 Å². The smallest absolute Gasteiger partial charge is 0.416 e. The van der Waals surface area contributed by atoms with E-state index in [0.29, 0.717) is 43.8 Å². The molecule has 0 N–H and O–H groups in total. The zero-order chi connectivity index (χ0) is 23.2. The molecule has 1 aliphatic carbocycles. The lowest BCUT2D eigenvalue weighted by molar-refractivity contribution is -0.137. The van der Waals surface area contributed by atoms with Gasteiger partial charge in [-0.3, -0.25) is 9.88 Å². The molecule has 3 heterocycles. The highest BCUT2D eigenvalue weighted by molar-refractivity contribution is 7.89. The second kappa shape index (κ2) is 8.52.